The third kappa shape index (κ3) is 5.54. The quantitative estimate of drug-likeness (QED) is 0.284. The Balaban J connectivity index is 1.25. The zero-order valence-electron chi connectivity index (χ0n) is 22.1. The Morgan fingerprint density at radius 2 is 1.73 bits per heavy atom. The largest absolute Gasteiger partial charge is 0.478 e. The van der Waals surface area contributed by atoms with Gasteiger partial charge in [-0.25, -0.2) is 9.18 Å². The van der Waals surface area contributed by atoms with Crippen LogP contribution in [0.25, 0.3) is 11.1 Å². The summed E-state index contributed by atoms with van der Waals surface area (Å²) in [7, 11) is 0. The molecule has 4 aromatic rings. The van der Waals surface area contributed by atoms with Gasteiger partial charge in [0.1, 0.15) is 5.82 Å². The molecule has 6 rings (SSSR count). The van der Waals surface area contributed by atoms with Gasteiger partial charge in [0, 0.05) is 32.1 Å². The van der Waals surface area contributed by atoms with E-state index in [0.717, 1.165) is 41.6 Å². The molecule has 2 N–H and O–H groups in total. The van der Waals surface area contributed by atoms with Gasteiger partial charge < -0.3 is 10.4 Å². The number of fused-ring (bicyclic) bond motifs is 1. The van der Waals surface area contributed by atoms with E-state index in [1.807, 2.05) is 36.4 Å². The van der Waals surface area contributed by atoms with Crippen molar-refractivity contribution in [2.45, 2.75) is 38.4 Å². The summed E-state index contributed by atoms with van der Waals surface area (Å²) in [6, 6.07) is 28.0. The fourth-order valence-electron chi connectivity index (χ4n) is 5.90. The highest BCUT2D eigenvalue weighted by molar-refractivity contribution is 5.89. The lowest BCUT2D eigenvalue weighted by Crippen LogP contribution is -2.32. The molecule has 0 aromatic heterocycles. The van der Waals surface area contributed by atoms with Crippen molar-refractivity contribution in [3.8, 4) is 11.1 Å². The highest BCUT2D eigenvalue weighted by Gasteiger charge is 2.43. The number of halogens is 1. The third-order valence-corrected chi connectivity index (χ3v) is 8.14. The smallest absolute Gasteiger partial charge is 0.335 e. The van der Waals surface area contributed by atoms with E-state index in [2.05, 4.69) is 34.5 Å². The maximum atomic E-state index is 13.4. The number of rotatable bonds is 8. The molecular weight excluding hydrogens is 503 g/mol. The van der Waals surface area contributed by atoms with Gasteiger partial charge in [0.15, 0.2) is 0 Å². The van der Waals surface area contributed by atoms with E-state index >= 15 is 0 Å². The zero-order chi connectivity index (χ0) is 27.6. The van der Waals surface area contributed by atoms with Crippen molar-refractivity contribution in [2.24, 2.45) is 5.92 Å². The molecule has 1 fully saturated rings. The topological polar surface area (TPSA) is 69.6 Å². The number of nitrogens with zero attached hydrogens (tertiary/aromatic N) is 1. The number of aromatic carboxylic acids is 1. The number of carbonyl (C=O) groups excluding carboxylic acids is 1. The first-order valence-electron chi connectivity index (χ1n) is 13.7. The van der Waals surface area contributed by atoms with Crippen molar-refractivity contribution in [1.82, 2.24) is 10.2 Å². The van der Waals surface area contributed by atoms with E-state index in [1.54, 1.807) is 18.2 Å². The van der Waals surface area contributed by atoms with Crippen molar-refractivity contribution >= 4 is 11.9 Å². The Kier molecular flexibility index (Phi) is 7.18. The molecule has 2 aliphatic rings. The van der Waals surface area contributed by atoms with E-state index in [9.17, 15) is 19.1 Å². The number of carboxylic acid groups (broad SMARTS) is 1. The van der Waals surface area contributed by atoms with Gasteiger partial charge in [-0.05, 0) is 82.0 Å². The van der Waals surface area contributed by atoms with Gasteiger partial charge in [0.2, 0.25) is 5.91 Å². The van der Waals surface area contributed by atoms with Gasteiger partial charge in [-0.2, -0.15) is 0 Å². The predicted octanol–water partition coefficient (Wildman–Crippen LogP) is 6.17. The Morgan fingerprint density at radius 1 is 0.925 bits per heavy atom. The molecule has 1 saturated carbocycles. The second kappa shape index (κ2) is 11.1. The summed E-state index contributed by atoms with van der Waals surface area (Å²) in [5.41, 5.74) is 7.86. The van der Waals surface area contributed by atoms with Gasteiger partial charge in [-0.15, -0.1) is 0 Å². The molecule has 2 unspecified atom stereocenters. The van der Waals surface area contributed by atoms with E-state index in [1.165, 1.54) is 28.8 Å². The Hall–Kier alpha value is -4.29. The highest BCUT2D eigenvalue weighted by Crippen LogP contribution is 2.47. The molecule has 1 heterocycles. The number of hydrogen-bond donors (Lipinski definition) is 2. The summed E-state index contributed by atoms with van der Waals surface area (Å²) >= 11 is 0. The average Bonchev–Trinajstić information content (AvgIpc) is 3.79. The summed E-state index contributed by atoms with van der Waals surface area (Å²) in [5, 5.41) is 12.7. The summed E-state index contributed by atoms with van der Waals surface area (Å²) in [6.45, 7) is 2.66. The molecule has 4 aromatic carbocycles. The monoisotopic (exact) mass is 534 g/mol. The summed E-state index contributed by atoms with van der Waals surface area (Å²) < 4.78 is 13.4. The summed E-state index contributed by atoms with van der Waals surface area (Å²) in [6.07, 6.45) is 1.67. The number of benzene rings is 4. The lowest BCUT2D eigenvalue weighted by molar-refractivity contribution is -0.122. The fraction of sp³-hybridized carbons (Fsp3) is 0.235. The van der Waals surface area contributed by atoms with E-state index in [0.29, 0.717) is 19.6 Å². The first-order valence-corrected chi connectivity index (χ1v) is 13.7. The minimum atomic E-state index is -0.950. The normalized spacial score (nSPS) is 18.1. The molecular formula is C34H31FN2O3. The molecule has 1 aliphatic carbocycles. The SMILES string of the molecule is O=C(O)c1cccc(-c2ccc(CNC(=O)C3CC3c3ccccc3)c3c2CCN(Cc2ccc(F)cc2)C3)c1. The van der Waals surface area contributed by atoms with Crippen molar-refractivity contribution in [3.05, 3.63) is 130 Å². The van der Waals surface area contributed by atoms with Gasteiger partial charge in [0.05, 0.1) is 5.56 Å². The predicted molar refractivity (Wildman–Crippen MR) is 152 cm³/mol. The molecule has 6 heteroatoms. The van der Waals surface area contributed by atoms with Crippen LogP contribution in [0.5, 0.6) is 0 Å². The van der Waals surface area contributed by atoms with Gasteiger partial charge >= 0.3 is 5.97 Å². The van der Waals surface area contributed by atoms with Crippen LogP contribution in [-0.4, -0.2) is 28.4 Å². The van der Waals surface area contributed by atoms with Crippen molar-refractivity contribution in [3.63, 3.8) is 0 Å². The molecule has 1 aliphatic heterocycles. The lowest BCUT2D eigenvalue weighted by atomic mass is 9.87. The zero-order valence-corrected chi connectivity index (χ0v) is 22.1. The molecule has 40 heavy (non-hydrogen) atoms. The van der Waals surface area contributed by atoms with E-state index in [4.69, 9.17) is 0 Å². The van der Waals surface area contributed by atoms with E-state index in [-0.39, 0.29) is 29.1 Å². The number of amides is 1. The van der Waals surface area contributed by atoms with Crippen LogP contribution in [0.2, 0.25) is 0 Å². The Morgan fingerprint density at radius 3 is 2.50 bits per heavy atom. The van der Waals surface area contributed by atoms with Crippen LogP contribution in [0.15, 0.2) is 91.0 Å². The molecule has 202 valence electrons. The molecule has 2 atom stereocenters. The van der Waals surface area contributed by atoms with Crippen LogP contribution in [0.3, 0.4) is 0 Å². The number of carbonyl (C=O) groups is 2. The van der Waals surface area contributed by atoms with Crippen LogP contribution < -0.4 is 5.32 Å². The minimum absolute atomic E-state index is 0.00577. The average molecular weight is 535 g/mol. The van der Waals surface area contributed by atoms with Crippen molar-refractivity contribution in [2.75, 3.05) is 6.54 Å². The van der Waals surface area contributed by atoms with Crippen LogP contribution in [-0.2, 0) is 30.8 Å². The summed E-state index contributed by atoms with van der Waals surface area (Å²) in [5.74, 6) is -0.824. The standard InChI is InChI=1S/C34H31FN2O3/c35-27-12-9-22(10-13-27)20-37-16-15-29-28(24-7-4-8-25(17-24)34(39)40)14-11-26(32(29)21-37)19-36-33(38)31-18-30(31)23-5-2-1-3-6-23/h1-14,17,30-31H,15-16,18-21H2,(H,36,38)(H,39,40). The lowest BCUT2D eigenvalue weighted by Gasteiger charge is -2.32. The minimum Gasteiger partial charge on any atom is -0.478 e. The number of nitrogens with one attached hydrogen (secondary N) is 1. The van der Waals surface area contributed by atoms with Crippen molar-refractivity contribution in [1.29, 1.82) is 0 Å². The van der Waals surface area contributed by atoms with Crippen LogP contribution in [0, 0.1) is 11.7 Å². The first kappa shape index (κ1) is 26.0. The third-order valence-electron chi connectivity index (χ3n) is 8.14. The van der Waals surface area contributed by atoms with E-state index < -0.39 is 5.97 Å². The second-order valence-electron chi connectivity index (χ2n) is 10.8. The Labute approximate surface area is 233 Å². The molecule has 1 amide bonds. The van der Waals surface area contributed by atoms with Gasteiger partial charge in [0.25, 0.3) is 0 Å². The maximum absolute atomic E-state index is 13.4. The maximum Gasteiger partial charge on any atom is 0.335 e. The number of hydrogen-bond acceptors (Lipinski definition) is 3. The van der Waals surface area contributed by atoms with Gasteiger partial charge in [-0.1, -0.05) is 66.7 Å². The Bertz CT molecular complexity index is 1550. The highest BCUT2D eigenvalue weighted by atomic mass is 19.1. The molecule has 0 radical (unpaired) electrons. The first-order chi connectivity index (χ1) is 19.5. The number of carboxylic acids is 1. The molecule has 0 bridgehead atoms. The molecule has 0 spiro atoms. The van der Waals surface area contributed by atoms with Crippen LogP contribution >= 0.6 is 0 Å². The second-order valence-corrected chi connectivity index (χ2v) is 10.8. The van der Waals surface area contributed by atoms with Crippen LogP contribution in [0.1, 0.15) is 50.5 Å². The summed E-state index contributed by atoms with van der Waals surface area (Å²) in [4.78, 5) is 27.0. The van der Waals surface area contributed by atoms with Crippen LogP contribution in [0.4, 0.5) is 4.39 Å². The van der Waals surface area contributed by atoms with Crippen molar-refractivity contribution < 1.29 is 19.1 Å². The molecule has 5 nitrogen and oxygen atoms in total. The fourth-order valence-corrected chi connectivity index (χ4v) is 5.90. The van der Waals surface area contributed by atoms with Gasteiger partial charge in [-0.3, -0.25) is 9.69 Å². The molecule has 0 saturated heterocycles.